The lowest BCUT2D eigenvalue weighted by molar-refractivity contribution is 0.378. The third-order valence-electron chi connectivity index (χ3n) is 3.23. The van der Waals surface area contributed by atoms with Crippen LogP contribution in [0.15, 0.2) is 10.6 Å². The van der Waals surface area contributed by atoms with Gasteiger partial charge in [-0.15, -0.1) is 0 Å². The predicted molar refractivity (Wildman–Crippen MR) is 71.3 cm³/mol. The molecular formula is C13H19N5O. The van der Waals surface area contributed by atoms with Gasteiger partial charge in [-0.05, 0) is 32.8 Å². The topological polar surface area (TPSA) is 90.7 Å². The summed E-state index contributed by atoms with van der Waals surface area (Å²) in [5, 5.41) is 12.2. The van der Waals surface area contributed by atoms with Crippen LogP contribution in [0.5, 0.6) is 0 Å². The van der Waals surface area contributed by atoms with Gasteiger partial charge in [-0.2, -0.15) is 15.2 Å². The highest BCUT2D eigenvalue weighted by Crippen LogP contribution is 2.25. The molecule has 0 bridgehead atoms. The van der Waals surface area contributed by atoms with Gasteiger partial charge in [-0.25, -0.2) is 0 Å². The first-order chi connectivity index (χ1) is 8.97. The Kier molecular flexibility index (Phi) is 3.61. The monoisotopic (exact) mass is 261 g/mol. The van der Waals surface area contributed by atoms with E-state index in [1.807, 2.05) is 33.8 Å². The third kappa shape index (κ3) is 2.63. The van der Waals surface area contributed by atoms with Crippen LogP contribution in [0.3, 0.4) is 0 Å². The van der Waals surface area contributed by atoms with Gasteiger partial charge in [0.05, 0.1) is 22.5 Å². The minimum atomic E-state index is -0.580. The molecule has 6 heteroatoms. The molecule has 0 fully saturated rings. The van der Waals surface area contributed by atoms with Crippen LogP contribution in [0, 0.1) is 6.92 Å². The van der Waals surface area contributed by atoms with Crippen LogP contribution in [0.4, 0.5) is 0 Å². The Balaban J connectivity index is 2.46. The van der Waals surface area contributed by atoms with Crippen molar-refractivity contribution in [3.05, 3.63) is 23.3 Å². The number of hydrogen-bond acceptors (Lipinski definition) is 6. The Hall–Kier alpha value is -1.82. The fraction of sp³-hybridized carbons (Fsp3) is 0.538. The zero-order valence-corrected chi connectivity index (χ0v) is 11.8. The molecule has 6 nitrogen and oxygen atoms in total. The van der Waals surface area contributed by atoms with Gasteiger partial charge in [0.1, 0.15) is 0 Å². The summed E-state index contributed by atoms with van der Waals surface area (Å²) in [7, 11) is 0. The van der Waals surface area contributed by atoms with Crippen LogP contribution in [0.1, 0.15) is 44.4 Å². The second-order valence-corrected chi connectivity index (χ2v) is 4.89. The van der Waals surface area contributed by atoms with Gasteiger partial charge in [0, 0.05) is 0 Å². The van der Waals surface area contributed by atoms with Crippen molar-refractivity contribution in [1.29, 1.82) is 0 Å². The molecule has 1 atom stereocenters. The first kappa shape index (κ1) is 13.6. The van der Waals surface area contributed by atoms with Crippen LogP contribution in [0.25, 0.3) is 11.5 Å². The van der Waals surface area contributed by atoms with Gasteiger partial charge in [-0.1, -0.05) is 19.0 Å². The second kappa shape index (κ2) is 5.05. The summed E-state index contributed by atoms with van der Waals surface area (Å²) in [5.74, 6) is 0.969. The molecule has 2 aromatic rings. The first-order valence-corrected chi connectivity index (χ1v) is 6.44. The normalized spacial score (nSPS) is 14.4. The minimum Gasteiger partial charge on any atom is -0.334 e. The van der Waals surface area contributed by atoms with E-state index in [4.69, 9.17) is 10.3 Å². The molecule has 2 heterocycles. The molecule has 0 saturated heterocycles. The smallest absolute Gasteiger partial charge is 0.259 e. The summed E-state index contributed by atoms with van der Waals surface area (Å²) >= 11 is 0. The van der Waals surface area contributed by atoms with E-state index in [-0.39, 0.29) is 0 Å². The lowest BCUT2D eigenvalue weighted by atomic mass is 10.00. The molecule has 0 spiro atoms. The van der Waals surface area contributed by atoms with Gasteiger partial charge < -0.3 is 10.3 Å². The molecule has 19 heavy (non-hydrogen) atoms. The van der Waals surface area contributed by atoms with Crippen LogP contribution in [-0.2, 0) is 12.0 Å². The summed E-state index contributed by atoms with van der Waals surface area (Å²) < 4.78 is 5.33. The van der Waals surface area contributed by atoms with E-state index >= 15 is 0 Å². The number of rotatable bonds is 4. The Morgan fingerprint density at radius 1 is 1.32 bits per heavy atom. The van der Waals surface area contributed by atoms with Crippen LogP contribution < -0.4 is 5.73 Å². The maximum absolute atomic E-state index is 6.12. The van der Waals surface area contributed by atoms with Gasteiger partial charge in [0.2, 0.25) is 0 Å². The Bertz CT molecular complexity index is 576. The fourth-order valence-corrected chi connectivity index (χ4v) is 1.68. The average Bonchev–Trinajstić information content (AvgIpc) is 2.89. The molecule has 0 amide bonds. The number of nitrogens with zero attached hydrogens (tertiary/aromatic N) is 4. The number of aryl methyl sites for hydroxylation is 2. The lowest BCUT2D eigenvalue weighted by Crippen LogP contribution is -2.33. The molecule has 0 aliphatic carbocycles. The quantitative estimate of drug-likeness (QED) is 0.905. The van der Waals surface area contributed by atoms with Crippen molar-refractivity contribution in [2.75, 3.05) is 0 Å². The van der Waals surface area contributed by atoms with Crippen LogP contribution in [0.2, 0.25) is 0 Å². The van der Waals surface area contributed by atoms with Gasteiger partial charge >= 0.3 is 0 Å². The Morgan fingerprint density at radius 3 is 2.68 bits per heavy atom. The van der Waals surface area contributed by atoms with Gasteiger partial charge in [-0.3, -0.25) is 0 Å². The number of nitrogens with two attached hydrogens (primary N) is 1. The molecule has 2 aromatic heterocycles. The molecule has 0 aromatic carbocycles. The van der Waals surface area contributed by atoms with E-state index in [1.54, 1.807) is 0 Å². The number of hydrogen-bond donors (Lipinski definition) is 1. The molecule has 2 N–H and O–H groups in total. The second-order valence-electron chi connectivity index (χ2n) is 4.89. The molecule has 0 saturated carbocycles. The van der Waals surface area contributed by atoms with Crippen LogP contribution in [-0.4, -0.2) is 20.3 Å². The van der Waals surface area contributed by atoms with E-state index in [2.05, 4.69) is 20.3 Å². The highest BCUT2D eigenvalue weighted by atomic mass is 16.5. The van der Waals surface area contributed by atoms with E-state index in [9.17, 15) is 0 Å². The van der Waals surface area contributed by atoms with Crippen molar-refractivity contribution >= 4 is 0 Å². The van der Waals surface area contributed by atoms with E-state index < -0.39 is 5.54 Å². The predicted octanol–water partition coefficient (Wildman–Crippen LogP) is 1.98. The van der Waals surface area contributed by atoms with Crippen molar-refractivity contribution in [1.82, 2.24) is 20.3 Å². The standard InChI is InChI=1S/C13H19N5O/c1-5-10-9(7-8(3)16-17-10)11-15-12(18-19-11)13(4,14)6-2/h7H,5-6,14H2,1-4H3. The summed E-state index contributed by atoms with van der Waals surface area (Å²) in [5.41, 5.74) is 8.03. The SMILES string of the molecule is CCc1nnc(C)cc1-c1nc(C(C)(N)CC)no1. The fourth-order valence-electron chi connectivity index (χ4n) is 1.68. The van der Waals surface area contributed by atoms with Gasteiger partial charge in [0.15, 0.2) is 5.82 Å². The summed E-state index contributed by atoms with van der Waals surface area (Å²) in [4.78, 5) is 4.40. The van der Waals surface area contributed by atoms with E-state index in [1.165, 1.54) is 0 Å². The highest BCUT2D eigenvalue weighted by Gasteiger charge is 2.26. The van der Waals surface area contributed by atoms with Crippen molar-refractivity contribution < 1.29 is 4.52 Å². The molecular weight excluding hydrogens is 242 g/mol. The van der Waals surface area contributed by atoms with Crippen LogP contribution >= 0.6 is 0 Å². The molecule has 2 rings (SSSR count). The number of aromatic nitrogens is 4. The molecule has 0 aliphatic rings. The third-order valence-corrected chi connectivity index (χ3v) is 3.23. The Morgan fingerprint density at radius 2 is 2.05 bits per heavy atom. The molecule has 0 radical (unpaired) electrons. The molecule has 102 valence electrons. The Labute approximate surface area is 112 Å². The van der Waals surface area contributed by atoms with E-state index in [0.29, 0.717) is 11.7 Å². The molecule has 1 unspecified atom stereocenters. The molecule has 0 aliphatic heterocycles. The summed E-state index contributed by atoms with van der Waals surface area (Å²) in [6, 6.07) is 1.91. The maximum atomic E-state index is 6.12. The van der Waals surface area contributed by atoms with Gasteiger partial charge in [0.25, 0.3) is 5.89 Å². The van der Waals surface area contributed by atoms with E-state index in [0.717, 1.165) is 29.8 Å². The summed E-state index contributed by atoms with van der Waals surface area (Å²) in [6.07, 6.45) is 1.49. The minimum absolute atomic E-state index is 0.454. The zero-order valence-electron chi connectivity index (χ0n) is 11.8. The zero-order chi connectivity index (χ0) is 14.0. The first-order valence-electron chi connectivity index (χ1n) is 6.44. The van der Waals surface area contributed by atoms with Crippen molar-refractivity contribution in [3.63, 3.8) is 0 Å². The van der Waals surface area contributed by atoms with Crippen molar-refractivity contribution in [2.24, 2.45) is 5.73 Å². The largest absolute Gasteiger partial charge is 0.334 e. The summed E-state index contributed by atoms with van der Waals surface area (Å²) in [6.45, 7) is 7.77. The van der Waals surface area contributed by atoms with Crippen molar-refractivity contribution in [2.45, 2.75) is 46.1 Å². The maximum Gasteiger partial charge on any atom is 0.259 e. The highest BCUT2D eigenvalue weighted by molar-refractivity contribution is 5.56. The average molecular weight is 261 g/mol. The van der Waals surface area contributed by atoms with Crippen molar-refractivity contribution in [3.8, 4) is 11.5 Å². The lowest BCUT2D eigenvalue weighted by Gasteiger charge is -2.16.